The van der Waals surface area contributed by atoms with Gasteiger partial charge in [0.15, 0.2) is 0 Å². The van der Waals surface area contributed by atoms with Crippen LogP contribution >= 0.6 is 0 Å². The Kier molecular flexibility index (Phi) is 5.92. The molecule has 0 bridgehead atoms. The third-order valence-corrected chi connectivity index (χ3v) is 4.30. The first-order chi connectivity index (χ1) is 11.1. The van der Waals surface area contributed by atoms with Crippen molar-refractivity contribution >= 4 is 17.6 Å². The first kappa shape index (κ1) is 17.2. The minimum absolute atomic E-state index is 0.0429. The third kappa shape index (κ3) is 3.98. The van der Waals surface area contributed by atoms with Gasteiger partial charge in [-0.2, -0.15) is 0 Å². The van der Waals surface area contributed by atoms with Crippen molar-refractivity contribution in [1.82, 2.24) is 15.2 Å². The predicted molar refractivity (Wildman–Crippen MR) is 86.8 cm³/mol. The summed E-state index contributed by atoms with van der Waals surface area (Å²) in [5.74, 6) is 0.0278. The van der Waals surface area contributed by atoms with Crippen molar-refractivity contribution < 1.29 is 14.3 Å². The fraction of sp³-hybridized carbons (Fsp3) is 0.562. The van der Waals surface area contributed by atoms with Gasteiger partial charge in [-0.05, 0) is 31.4 Å². The normalized spacial score (nSPS) is 21.0. The Morgan fingerprint density at radius 2 is 2.30 bits per heavy atom. The number of pyridine rings is 1. The van der Waals surface area contributed by atoms with Crippen LogP contribution in [0.5, 0.6) is 0 Å². The molecule has 23 heavy (non-hydrogen) atoms. The van der Waals surface area contributed by atoms with E-state index in [2.05, 4.69) is 10.3 Å². The number of ether oxygens (including phenoxy) is 1. The van der Waals surface area contributed by atoms with Crippen LogP contribution in [0.2, 0.25) is 0 Å². The summed E-state index contributed by atoms with van der Waals surface area (Å²) < 4.78 is 5.54. The number of carbonyl (C=O) groups is 2. The maximum Gasteiger partial charge on any atom is 0.257 e. The second-order valence-electron chi connectivity index (χ2n) is 5.63. The number of nitrogen functional groups attached to an aromatic ring is 1. The van der Waals surface area contributed by atoms with E-state index in [1.807, 2.05) is 0 Å². The van der Waals surface area contributed by atoms with E-state index in [1.54, 1.807) is 37.4 Å². The molecule has 7 nitrogen and oxygen atoms in total. The zero-order valence-electron chi connectivity index (χ0n) is 13.6. The van der Waals surface area contributed by atoms with Crippen molar-refractivity contribution in [2.24, 2.45) is 0 Å². The van der Waals surface area contributed by atoms with Gasteiger partial charge in [0.2, 0.25) is 5.91 Å². The summed E-state index contributed by atoms with van der Waals surface area (Å²) in [7, 11) is 3.25. The summed E-state index contributed by atoms with van der Waals surface area (Å²) in [6, 6.07) is 3.23. The Balaban J connectivity index is 2.20. The molecule has 0 spiro atoms. The second-order valence-corrected chi connectivity index (χ2v) is 5.63. The van der Waals surface area contributed by atoms with Gasteiger partial charge in [-0.25, -0.2) is 4.98 Å². The molecule has 2 amide bonds. The molecular formula is C16H24N4O3. The molecule has 2 rings (SSSR count). The number of methoxy groups -OCH3 is 1. The van der Waals surface area contributed by atoms with Crippen molar-refractivity contribution in [3.63, 3.8) is 0 Å². The Bertz CT molecular complexity index is 564. The van der Waals surface area contributed by atoms with Crippen LogP contribution in [-0.4, -0.2) is 54.5 Å². The quantitative estimate of drug-likeness (QED) is 0.836. The molecule has 1 aliphatic heterocycles. The fourth-order valence-electron chi connectivity index (χ4n) is 3.05. The Hall–Kier alpha value is -2.15. The van der Waals surface area contributed by atoms with Crippen LogP contribution in [0.1, 0.15) is 36.0 Å². The lowest BCUT2D eigenvalue weighted by molar-refractivity contribution is -0.121. The Morgan fingerprint density at radius 3 is 2.96 bits per heavy atom. The lowest BCUT2D eigenvalue weighted by atomic mass is 9.93. The molecule has 0 aromatic carbocycles. The van der Waals surface area contributed by atoms with Crippen LogP contribution in [0.3, 0.4) is 0 Å². The zero-order chi connectivity index (χ0) is 16.8. The van der Waals surface area contributed by atoms with Gasteiger partial charge in [-0.1, -0.05) is 0 Å². The molecule has 0 unspecified atom stereocenters. The standard InChI is InChI=1S/C16H24N4O3/c1-18-14(21)8-7-12-13(23-2)6-4-10-20(12)16(22)11-5-3-9-19-15(11)17/h3,5,9,12-13H,4,6-8,10H2,1-2H3,(H2,17,19)(H,18,21)/t12-,13-/m0/s1. The molecule has 0 radical (unpaired) electrons. The number of amides is 2. The first-order valence-electron chi connectivity index (χ1n) is 7.83. The van der Waals surface area contributed by atoms with E-state index in [1.165, 1.54) is 0 Å². The molecule has 1 saturated heterocycles. The van der Waals surface area contributed by atoms with E-state index in [4.69, 9.17) is 10.5 Å². The van der Waals surface area contributed by atoms with Crippen LogP contribution < -0.4 is 11.1 Å². The van der Waals surface area contributed by atoms with E-state index in [9.17, 15) is 9.59 Å². The summed E-state index contributed by atoms with van der Waals surface area (Å²) >= 11 is 0. The van der Waals surface area contributed by atoms with Crippen LogP contribution in [-0.2, 0) is 9.53 Å². The first-order valence-corrected chi connectivity index (χ1v) is 7.83. The summed E-state index contributed by atoms with van der Waals surface area (Å²) in [6.45, 7) is 0.630. The number of aromatic nitrogens is 1. The molecule has 1 aromatic rings. The van der Waals surface area contributed by atoms with E-state index in [0.29, 0.717) is 24.9 Å². The predicted octanol–water partition coefficient (Wildman–Crippen LogP) is 0.810. The summed E-state index contributed by atoms with van der Waals surface area (Å²) in [5, 5.41) is 2.61. The van der Waals surface area contributed by atoms with Crippen molar-refractivity contribution in [1.29, 1.82) is 0 Å². The molecule has 2 atom stereocenters. The molecule has 2 heterocycles. The molecule has 1 aliphatic rings. The number of nitrogens with zero attached hydrogens (tertiary/aromatic N) is 2. The van der Waals surface area contributed by atoms with Crippen molar-refractivity contribution in [2.45, 2.75) is 37.8 Å². The molecule has 126 valence electrons. The van der Waals surface area contributed by atoms with Crippen LogP contribution in [0.4, 0.5) is 5.82 Å². The maximum absolute atomic E-state index is 12.9. The maximum atomic E-state index is 12.9. The average molecular weight is 320 g/mol. The van der Waals surface area contributed by atoms with Crippen LogP contribution in [0.25, 0.3) is 0 Å². The molecule has 0 saturated carbocycles. The number of hydrogen-bond donors (Lipinski definition) is 2. The van der Waals surface area contributed by atoms with E-state index in [0.717, 1.165) is 12.8 Å². The van der Waals surface area contributed by atoms with Crippen LogP contribution in [0.15, 0.2) is 18.3 Å². The van der Waals surface area contributed by atoms with Gasteiger partial charge in [-0.3, -0.25) is 9.59 Å². The minimum Gasteiger partial charge on any atom is -0.383 e. The highest BCUT2D eigenvalue weighted by atomic mass is 16.5. The summed E-state index contributed by atoms with van der Waals surface area (Å²) in [6.07, 6.45) is 4.14. The number of rotatable bonds is 5. The molecule has 1 aromatic heterocycles. The van der Waals surface area contributed by atoms with Gasteiger partial charge in [-0.15, -0.1) is 0 Å². The van der Waals surface area contributed by atoms with Gasteiger partial charge in [0.1, 0.15) is 5.82 Å². The van der Waals surface area contributed by atoms with Crippen molar-refractivity contribution in [2.75, 3.05) is 26.4 Å². The molecule has 7 heteroatoms. The fourth-order valence-corrected chi connectivity index (χ4v) is 3.05. The zero-order valence-corrected chi connectivity index (χ0v) is 13.6. The Morgan fingerprint density at radius 1 is 1.52 bits per heavy atom. The number of hydrogen-bond acceptors (Lipinski definition) is 5. The smallest absolute Gasteiger partial charge is 0.257 e. The highest BCUT2D eigenvalue weighted by molar-refractivity contribution is 5.98. The number of likely N-dealkylation sites (tertiary alicyclic amines) is 1. The van der Waals surface area contributed by atoms with Gasteiger partial charge in [0.25, 0.3) is 5.91 Å². The second kappa shape index (κ2) is 7.92. The molecule has 3 N–H and O–H groups in total. The highest BCUT2D eigenvalue weighted by Crippen LogP contribution is 2.26. The molecule has 1 fully saturated rings. The topological polar surface area (TPSA) is 97.5 Å². The number of nitrogens with two attached hydrogens (primary N) is 1. The number of carbonyl (C=O) groups excluding carboxylic acids is 2. The lowest BCUT2D eigenvalue weighted by Gasteiger charge is -2.40. The molecule has 0 aliphatic carbocycles. The number of piperidine rings is 1. The van der Waals surface area contributed by atoms with Gasteiger partial charge < -0.3 is 20.7 Å². The van der Waals surface area contributed by atoms with E-state index >= 15 is 0 Å². The highest BCUT2D eigenvalue weighted by Gasteiger charge is 2.35. The Labute approximate surface area is 136 Å². The number of nitrogens with one attached hydrogen (secondary N) is 1. The van der Waals surface area contributed by atoms with Crippen LogP contribution in [0, 0.1) is 0 Å². The van der Waals surface area contributed by atoms with Gasteiger partial charge in [0, 0.05) is 33.3 Å². The summed E-state index contributed by atoms with van der Waals surface area (Å²) in [4.78, 5) is 30.2. The largest absolute Gasteiger partial charge is 0.383 e. The lowest BCUT2D eigenvalue weighted by Crippen LogP contribution is -2.52. The average Bonchev–Trinajstić information content (AvgIpc) is 2.59. The minimum atomic E-state index is -0.153. The van der Waals surface area contributed by atoms with Crippen molar-refractivity contribution in [3.8, 4) is 0 Å². The summed E-state index contributed by atoms with van der Waals surface area (Å²) in [5.41, 5.74) is 6.23. The third-order valence-electron chi connectivity index (χ3n) is 4.30. The molecular weight excluding hydrogens is 296 g/mol. The van der Waals surface area contributed by atoms with Gasteiger partial charge in [0.05, 0.1) is 17.7 Å². The van der Waals surface area contributed by atoms with Crippen molar-refractivity contribution in [3.05, 3.63) is 23.9 Å². The van der Waals surface area contributed by atoms with Gasteiger partial charge >= 0.3 is 0 Å². The van der Waals surface area contributed by atoms with E-state index in [-0.39, 0.29) is 29.8 Å². The number of anilines is 1. The SMILES string of the molecule is CNC(=O)CC[C@H]1[C@@H](OC)CCCN1C(=O)c1cccnc1N. The van der Waals surface area contributed by atoms with E-state index < -0.39 is 0 Å². The monoisotopic (exact) mass is 320 g/mol.